The van der Waals surface area contributed by atoms with Gasteiger partial charge in [0, 0.05) is 16.8 Å². The number of hydrogen-bond acceptors (Lipinski definition) is 3. The van der Waals surface area contributed by atoms with Crippen molar-refractivity contribution in [1.29, 1.82) is 0 Å². The van der Waals surface area contributed by atoms with E-state index in [0.29, 0.717) is 0 Å². The van der Waals surface area contributed by atoms with Gasteiger partial charge in [-0.15, -0.1) is 0 Å². The van der Waals surface area contributed by atoms with Crippen LogP contribution in [0.15, 0.2) is 59.4 Å². The summed E-state index contributed by atoms with van der Waals surface area (Å²) in [6.45, 7) is 1.98. The van der Waals surface area contributed by atoms with Gasteiger partial charge in [0.1, 0.15) is 6.54 Å². The molecule has 0 spiro atoms. The predicted octanol–water partition coefficient (Wildman–Crippen LogP) is 3.99. The molecule has 148 valence electrons. The molecule has 1 aliphatic carbocycles. The molecule has 3 aromatic rings. The van der Waals surface area contributed by atoms with Crippen LogP contribution in [0, 0.1) is 0 Å². The maximum Gasteiger partial charge on any atom is 0.270 e. The van der Waals surface area contributed by atoms with Crippen molar-refractivity contribution in [2.45, 2.75) is 45.6 Å². The molecule has 0 aliphatic heterocycles. The summed E-state index contributed by atoms with van der Waals surface area (Å²) in [4.78, 5) is 25.6. The van der Waals surface area contributed by atoms with Crippen molar-refractivity contribution < 1.29 is 4.79 Å². The van der Waals surface area contributed by atoms with E-state index >= 15 is 0 Å². The lowest BCUT2D eigenvalue weighted by Gasteiger charge is -2.20. The third-order valence-electron chi connectivity index (χ3n) is 5.43. The molecule has 1 N–H and O–H groups in total. The van der Waals surface area contributed by atoms with Crippen molar-refractivity contribution in [3.8, 4) is 11.3 Å². The number of hydrogen-bond donors (Lipinski definition) is 1. The van der Waals surface area contributed by atoms with Crippen LogP contribution >= 0.6 is 0 Å². The van der Waals surface area contributed by atoms with Gasteiger partial charge >= 0.3 is 0 Å². The number of carbonyl (C=O) groups is 1. The molecule has 5 heteroatoms. The molecule has 1 aliphatic rings. The van der Waals surface area contributed by atoms with E-state index in [9.17, 15) is 9.59 Å². The summed E-state index contributed by atoms with van der Waals surface area (Å²) in [5, 5.41) is 7.51. The summed E-state index contributed by atoms with van der Waals surface area (Å²) in [5.41, 5.74) is 5.40. The molecule has 0 bridgehead atoms. The maximum absolute atomic E-state index is 13.0. The van der Waals surface area contributed by atoms with Gasteiger partial charge in [-0.2, -0.15) is 5.10 Å². The lowest BCUT2D eigenvalue weighted by atomic mass is 9.90. The van der Waals surface area contributed by atoms with Crippen LogP contribution in [-0.4, -0.2) is 15.7 Å². The van der Waals surface area contributed by atoms with E-state index in [1.54, 1.807) is 0 Å². The van der Waals surface area contributed by atoms with Crippen molar-refractivity contribution in [2.75, 3.05) is 5.32 Å². The first-order valence-corrected chi connectivity index (χ1v) is 10.2. The van der Waals surface area contributed by atoms with Crippen LogP contribution in [0.3, 0.4) is 0 Å². The highest BCUT2D eigenvalue weighted by Crippen LogP contribution is 2.27. The zero-order valence-electron chi connectivity index (χ0n) is 16.6. The molecule has 4 rings (SSSR count). The average Bonchev–Trinajstić information content (AvgIpc) is 2.76. The Bertz CT molecular complexity index is 1090. The summed E-state index contributed by atoms with van der Waals surface area (Å²) in [6.07, 6.45) is 4.56. The number of carbonyl (C=O) groups excluding carboxylic acids is 1. The van der Waals surface area contributed by atoms with Crippen LogP contribution < -0.4 is 10.9 Å². The lowest BCUT2D eigenvalue weighted by molar-refractivity contribution is -0.117. The number of aromatic nitrogens is 2. The third kappa shape index (κ3) is 4.14. The van der Waals surface area contributed by atoms with Gasteiger partial charge in [0.2, 0.25) is 5.91 Å². The van der Waals surface area contributed by atoms with Crippen molar-refractivity contribution in [3.05, 3.63) is 81.6 Å². The molecule has 1 heterocycles. The van der Waals surface area contributed by atoms with E-state index in [4.69, 9.17) is 0 Å². The Hall–Kier alpha value is -3.21. The lowest BCUT2D eigenvalue weighted by Crippen LogP contribution is -2.34. The minimum Gasteiger partial charge on any atom is -0.324 e. The van der Waals surface area contributed by atoms with Crippen LogP contribution in [0.1, 0.15) is 36.5 Å². The van der Waals surface area contributed by atoms with Crippen LogP contribution in [0.2, 0.25) is 0 Å². The number of aryl methyl sites for hydroxylation is 1. The molecular weight excluding hydrogens is 362 g/mol. The number of benzene rings is 2. The molecule has 0 radical (unpaired) electrons. The fourth-order valence-corrected chi connectivity index (χ4v) is 3.93. The Morgan fingerprint density at radius 2 is 1.79 bits per heavy atom. The first kappa shape index (κ1) is 19.1. The first-order chi connectivity index (χ1) is 14.2. The van der Waals surface area contributed by atoms with Gasteiger partial charge in [-0.3, -0.25) is 9.59 Å². The number of nitrogens with zero attached hydrogens (tertiary/aromatic N) is 2. The number of anilines is 1. The molecule has 0 saturated carbocycles. The van der Waals surface area contributed by atoms with Crippen molar-refractivity contribution in [2.24, 2.45) is 0 Å². The average molecular weight is 387 g/mol. The predicted molar refractivity (Wildman–Crippen MR) is 115 cm³/mol. The summed E-state index contributed by atoms with van der Waals surface area (Å²) >= 11 is 0. The molecule has 0 saturated heterocycles. The molecule has 0 unspecified atom stereocenters. The molecule has 2 aromatic carbocycles. The Balaban J connectivity index is 1.66. The summed E-state index contributed by atoms with van der Waals surface area (Å²) < 4.78 is 1.32. The summed E-state index contributed by atoms with van der Waals surface area (Å²) in [5.74, 6) is -0.248. The second-order valence-corrected chi connectivity index (χ2v) is 7.44. The molecule has 0 atom stereocenters. The highest BCUT2D eigenvalue weighted by atomic mass is 16.2. The molecule has 29 heavy (non-hydrogen) atoms. The number of rotatable bonds is 5. The maximum atomic E-state index is 13.0. The Labute approximate surface area is 170 Å². The SMILES string of the molecule is CCc1cccc(NC(=O)Cn2nc(-c3ccccc3)c3c(c2=O)CCCC3)c1. The minimum absolute atomic E-state index is 0.0949. The molecule has 1 aromatic heterocycles. The van der Waals surface area contributed by atoms with E-state index in [1.165, 1.54) is 4.68 Å². The second kappa shape index (κ2) is 8.43. The number of nitrogens with one attached hydrogen (secondary N) is 1. The first-order valence-electron chi connectivity index (χ1n) is 10.2. The zero-order valence-corrected chi connectivity index (χ0v) is 16.6. The van der Waals surface area contributed by atoms with Crippen LogP contribution in [0.5, 0.6) is 0 Å². The molecule has 1 amide bonds. The fourth-order valence-electron chi connectivity index (χ4n) is 3.93. The van der Waals surface area contributed by atoms with Crippen molar-refractivity contribution >= 4 is 11.6 Å². The van der Waals surface area contributed by atoms with Gasteiger partial charge in [0.25, 0.3) is 5.56 Å². The Kier molecular flexibility index (Phi) is 5.56. The summed E-state index contributed by atoms with van der Waals surface area (Å²) in [7, 11) is 0. The van der Waals surface area contributed by atoms with E-state index < -0.39 is 0 Å². The van der Waals surface area contributed by atoms with E-state index in [1.807, 2.05) is 54.6 Å². The van der Waals surface area contributed by atoms with E-state index in [-0.39, 0.29) is 18.0 Å². The van der Waals surface area contributed by atoms with Crippen molar-refractivity contribution in [1.82, 2.24) is 9.78 Å². The number of amides is 1. The van der Waals surface area contributed by atoms with Crippen LogP contribution in [0.4, 0.5) is 5.69 Å². The fraction of sp³-hybridized carbons (Fsp3) is 0.292. The zero-order chi connectivity index (χ0) is 20.2. The van der Waals surface area contributed by atoms with Gasteiger partial charge in [-0.05, 0) is 55.4 Å². The van der Waals surface area contributed by atoms with Gasteiger partial charge in [0.05, 0.1) is 5.69 Å². The second-order valence-electron chi connectivity index (χ2n) is 7.44. The quantitative estimate of drug-likeness (QED) is 0.720. The molecule has 5 nitrogen and oxygen atoms in total. The smallest absolute Gasteiger partial charge is 0.270 e. The molecular formula is C24H25N3O2. The van der Waals surface area contributed by atoms with E-state index in [0.717, 1.165) is 65.7 Å². The monoisotopic (exact) mass is 387 g/mol. The number of fused-ring (bicyclic) bond motifs is 1. The van der Waals surface area contributed by atoms with Gasteiger partial charge in [-0.1, -0.05) is 49.4 Å². The normalized spacial score (nSPS) is 13.0. The van der Waals surface area contributed by atoms with Crippen LogP contribution in [0.25, 0.3) is 11.3 Å². The van der Waals surface area contributed by atoms with Crippen LogP contribution in [-0.2, 0) is 30.6 Å². The van der Waals surface area contributed by atoms with Crippen molar-refractivity contribution in [3.63, 3.8) is 0 Å². The Morgan fingerprint density at radius 1 is 1.03 bits per heavy atom. The standard InChI is InChI=1S/C24H25N3O2/c1-2-17-9-8-12-19(15-17)25-22(28)16-27-24(29)21-14-7-6-13-20(21)23(26-27)18-10-4-3-5-11-18/h3-5,8-12,15H,2,6-7,13-14,16H2,1H3,(H,25,28). The third-order valence-corrected chi connectivity index (χ3v) is 5.43. The van der Waals surface area contributed by atoms with Gasteiger partial charge in [0.15, 0.2) is 0 Å². The topological polar surface area (TPSA) is 64.0 Å². The van der Waals surface area contributed by atoms with Gasteiger partial charge in [-0.25, -0.2) is 4.68 Å². The largest absolute Gasteiger partial charge is 0.324 e. The van der Waals surface area contributed by atoms with Gasteiger partial charge < -0.3 is 5.32 Å². The summed E-state index contributed by atoms with van der Waals surface area (Å²) in [6, 6.07) is 17.7. The van der Waals surface area contributed by atoms with E-state index in [2.05, 4.69) is 17.3 Å². The highest BCUT2D eigenvalue weighted by Gasteiger charge is 2.22. The highest BCUT2D eigenvalue weighted by molar-refractivity contribution is 5.90. The minimum atomic E-state index is -0.248. The molecule has 0 fully saturated rings. The Morgan fingerprint density at radius 3 is 2.55 bits per heavy atom.